The molecule has 0 saturated heterocycles. The molecular formula is C14H16Cl2N4O2S. The van der Waals surface area contributed by atoms with E-state index in [0.717, 1.165) is 6.42 Å². The van der Waals surface area contributed by atoms with E-state index in [-0.39, 0.29) is 11.6 Å². The zero-order valence-corrected chi connectivity index (χ0v) is 14.9. The lowest BCUT2D eigenvalue weighted by Gasteiger charge is -2.13. The average Bonchev–Trinajstić information content (AvgIpc) is 2.83. The topological polar surface area (TPSA) is 79.8 Å². The molecule has 1 unspecified atom stereocenters. The quantitative estimate of drug-likeness (QED) is 0.759. The highest BCUT2D eigenvalue weighted by molar-refractivity contribution is 8.00. The molecule has 2 N–H and O–H groups in total. The van der Waals surface area contributed by atoms with Crippen LogP contribution in [0.4, 0.5) is 5.69 Å². The molecule has 6 nitrogen and oxygen atoms in total. The van der Waals surface area contributed by atoms with Crippen molar-refractivity contribution in [3.63, 3.8) is 0 Å². The van der Waals surface area contributed by atoms with Gasteiger partial charge in [-0.3, -0.25) is 9.36 Å². The molecule has 0 bridgehead atoms. The molecule has 1 heterocycles. The highest BCUT2D eigenvalue weighted by Crippen LogP contribution is 2.27. The summed E-state index contributed by atoms with van der Waals surface area (Å²) in [7, 11) is 0. The number of carbonyl (C=O) groups excluding carboxylic acids is 1. The van der Waals surface area contributed by atoms with Crippen LogP contribution in [0.2, 0.25) is 10.0 Å². The summed E-state index contributed by atoms with van der Waals surface area (Å²) in [6, 6.07) is 4.85. The normalized spacial score (nSPS) is 12.2. The van der Waals surface area contributed by atoms with Crippen molar-refractivity contribution in [1.29, 1.82) is 0 Å². The summed E-state index contributed by atoms with van der Waals surface area (Å²) in [6.07, 6.45) is 0.800. The number of hydrogen-bond acceptors (Lipinski definition) is 4. The Morgan fingerprint density at radius 1 is 1.48 bits per heavy atom. The van der Waals surface area contributed by atoms with Crippen molar-refractivity contribution < 1.29 is 4.79 Å². The fourth-order valence-corrected chi connectivity index (χ4v) is 3.19. The van der Waals surface area contributed by atoms with Crippen LogP contribution in [0, 0.1) is 0 Å². The van der Waals surface area contributed by atoms with E-state index in [2.05, 4.69) is 15.5 Å². The molecule has 23 heavy (non-hydrogen) atoms. The predicted octanol–water partition coefficient (Wildman–Crippen LogP) is 3.41. The van der Waals surface area contributed by atoms with Crippen LogP contribution in [0.5, 0.6) is 0 Å². The number of benzene rings is 1. The van der Waals surface area contributed by atoms with Gasteiger partial charge in [-0.15, -0.1) is 5.10 Å². The monoisotopic (exact) mass is 374 g/mol. The summed E-state index contributed by atoms with van der Waals surface area (Å²) >= 11 is 13.1. The molecule has 0 radical (unpaired) electrons. The third-order valence-electron chi connectivity index (χ3n) is 3.01. The van der Waals surface area contributed by atoms with Crippen molar-refractivity contribution >= 4 is 46.6 Å². The molecule has 1 aromatic carbocycles. The molecule has 0 aliphatic carbocycles. The fraction of sp³-hybridized carbons (Fsp3) is 0.357. The lowest BCUT2D eigenvalue weighted by Crippen LogP contribution is -2.24. The van der Waals surface area contributed by atoms with Gasteiger partial charge in [-0.1, -0.05) is 41.9 Å². The Bertz CT molecular complexity index is 759. The van der Waals surface area contributed by atoms with Crippen LogP contribution in [0.15, 0.2) is 28.2 Å². The summed E-state index contributed by atoms with van der Waals surface area (Å²) in [5, 5.41) is 10.00. The maximum atomic E-state index is 12.3. The molecule has 1 aromatic heterocycles. The molecule has 0 aliphatic rings. The molecule has 9 heteroatoms. The van der Waals surface area contributed by atoms with Crippen LogP contribution in [-0.4, -0.2) is 25.9 Å². The van der Waals surface area contributed by atoms with E-state index in [0.29, 0.717) is 27.4 Å². The number of anilines is 1. The SMILES string of the molecule is CCCn1c(SC(C)C(=O)Nc2ccc(Cl)cc2Cl)n[nH]c1=O. The third kappa shape index (κ3) is 4.53. The average molecular weight is 375 g/mol. The Kier molecular flexibility index (Phi) is 6.15. The number of rotatable bonds is 6. The van der Waals surface area contributed by atoms with Gasteiger partial charge in [0.1, 0.15) is 0 Å². The van der Waals surface area contributed by atoms with E-state index >= 15 is 0 Å². The highest BCUT2D eigenvalue weighted by Gasteiger charge is 2.19. The van der Waals surface area contributed by atoms with E-state index in [4.69, 9.17) is 23.2 Å². The molecule has 2 aromatic rings. The van der Waals surface area contributed by atoms with Crippen molar-refractivity contribution in [3.8, 4) is 0 Å². The predicted molar refractivity (Wildman–Crippen MR) is 93.5 cm³/mol. The number of hydrogen-bond donors (Lipinski definition) is 2. The molecule has 1 amide bonds. The van der Waals surface area contributed by atoms with Crippen molar-refractivity contribution in [1.82, 2.24) is 14.8 Å². The van der Waals surface area contributed by atoms with Crippen LogP contribution >= 0.6 is 35.0 Å². The van der Waals surface area contributed by atoms with Crippen LogP contribution < -0.4 is 11.0 Å². The number of aromatic nitrogens is 3. The minimum Gasteiger partial charge on any atom is -0.324 e. The van der Waals surface area contributed by atoms with E-state index in [9.17, 15) is 9.59 Å². The van der Waals surface area contributed by atoms with Crippen molar-refractivity contribution in [2.24, 2.45) is 0 Å². The van der Waals surface area contributed by atoms with Gasteiger partial charge in [0.15, 0.2) is 5.16 Å². The Hall–Kier alpha value is -1.44. The van der Waals surface area contributed by atoms with Crippen LogP contribution in [0.3, 0.4) is 0 Å². The second-order valence-electron chi connectivity index (χ2n) is 4.84. The van der Waals surface area contributed by atoms with Gasteiger partial charge < -0.3 is 5.32 Å². The fourth-order valence-electron chi connectivity index (χ4n) is 1.85. The summed E-state index contributed by atoms with van der Waals surface area (Å²) in [4.78, 5) is 23.9. The second kappa shape index (κ2) is 7.90. The second-order valence-corrected chi connectivity index (χ2v) is 6.99. The maximum Gasteiger partial charge on any atom is 0.343 e. The number of carbonyl (C=O) groups is 1. The molecule has 0 saturated carbocycles. The Balaban J connectivity index is 2.07. The lowest BCUT2D eigenvalue weighted by atomic mass is 10.3. The first-order chi connectivity index (χ1) is 10.9. The zero-order chi connectivity index (χ0) is 17.0. The van der Waals surface area contributed by atoms with E-state index in [1.165, 1.54) is 16.3 Å². The Morgan fingerprint density at radius 2 is 2.22 bits per heavy atom. The minimum atomic E-state index is -0.451. The third-order valence-corrected chi connectivity index (χ3v) is 4.65. The van der Waals surface area contributed by atoms with Gasteiger partial charge in [0.05, 0.1) is 16.0 Å². The van der Waals surface area contributed by atoms with Crippen LogP contribution in [0.1, 0.15) is 20.3 Å². The molecule has 0 fully saturated rings. The van der Waals surface area contributed by atoms with Gasteiger partial charge in [-0.2, -0.15) is 0 Å². The molecule has 124 valence electrons. The van der Waals surface area contributed by atoms with E-state index in [1.54, 1.807) is 25.1 Å². The van der Waals surface area contributed by atoms with Crippen molar-refractivity contribution in [3.05, 3.63) is 38.7 Å². The number of aromatic amines is 1. The number of H-pyrrole nitrogens is 1. The van der Waals surface area contributed by atoms with E-state index in [1.807, 2.05) is 6.92 Å². The zero-order valence-electron chi connectivity index (χ0n) is 12.6. The van der Waals surface area contributed by atoms with Crippen molar-refractivity contribution in [2.45, 2.75) is 37.2 Å². The first-order valence-corrected chi connectivity index (χ1v) is 8.63. The van der Waals surface area contributed by atoms with Gasteiger partial charge in [0, 0.05) is 11.6 Å². The standard InChI is InChI=1S/C14H16Cl2N4O2S/c1-3-6-20-13(22)18-19-14(20)23-8(2)12(21)17-11-5-4-9(15)7-10(11)16/h4-5,7-8H,3,6H2,1-2H3,(H,17,21)(H,18,22). The number of halogens is 2. The number of nitrogens with one attached hydrogen (secondary N) is 2. The summed E-state index contributed by atoms with van der Waals surface area (Å²) in [5.74, 6) is -0.238. The van der Waals surface area contributed by atoms with Crippen LogP contribution in [0.25, 0.3) is 0 Å². The smallest absolute Gasteiger partial charge is 0.324 e. The highest BCUT2D eigenvalue weighted by atomic mass is 35.5. The molecule has 0 aliphatic heterocycles. The molecular weight excluding hydrogens is 359 g/mol. The summed E-state index contributed by atoms with van der Waals surface area (Å²) in [5.41, 5.74) is 0.212. The summed E-state index contributed by atoms with van der Waals surface area (Å²) < 4.78 is 1.52. The van der Waals surface area contributed by atoms with Crippen molar-refractivity contribution in [2.75, 3.05) is 5.32 Å². The van der Waals surface area contributed by atoms with E-state index < -0.39 is 5.25 Å². The van der Waals surface area contributed by atoms with Gasteiger partial charge in [0.2, 0.25) is 5.91 Å². The first kappa shape index (κ1) is 17.9. The Labute approximate surface area is 147 Å². The number of amides is 1. The molecule has 2 rings (SSSR count). The maximum absolute atomic E-state index is 12.3. The molecule has 1 atom stereocenters. The van der Waals surface area contributed by atoms with Gasteiger partial charge in [-0.05, 0) is 31.5 Å². The summed E-state index contributed by atoms with van der Waals surface area (Å²) in [6.45, 7) is 4.25. The van der Waals surface area contributed by atoms with Gasteiger partial charge in [-0.25, -0.2) is 9.89 Å². The lowest BCUT2D eigenvalue weighted by molar-refractivity contribution is -0.115. The molecule has 0 spiro atoms. The van der Waals surface area contributed by atoms with Gasteiger partial charge in [0.25, 0.3) is 0 Å². The number of nitrogens with zero attached hydrogens (tertiary/aromatic N) is 2. The first-order valence-electron chi connectivity index (χ1n) is 7.00. The van der Waals surface area contributed by atoms with Crippen LogP contribution in [-0.2, 0) is 11.3 Å². The van der Waals surface area contributed by atoms with Gasteiger partial charge >= 0.3 is 5.69 Å². The largest absolute Gasteiger partial charge is 0.343 e. The minimum absolute atomic E-state index is 0.238. The number of thioether (sulfide) groups is 1. The Morgan fingerprint density at radius 3 is 2.87 bits per heavy atom.